The predicted octanol–water partition coefficient (Wildman–Crippen LogP) is 8.12. The average molecular weight is 1020 g/mol. The molecule has 5 atom stereocenters. The molecule has 4 amide bonds. The van der Waals surface area contributed by atoms with Crippen molar-refractivity contribution < 1.29 is 46.9 Å². The molecule has 3 aliphatic rings. The van der Waals surface area contributed by atoms with Gasteiger partial charge in [0.25, 0.3) is 0 Å². The van der Waals surface area contributed by atoms with Crippen LogP contribution in [0.25, 0.3) is 16.0 Å². The van der Waals surface area contributed by atoms with Gasteiger partial charge in [-0.3, -0.25) is 24.1 Å². The van der Waals surface area contributed by atoms with Crippen LogP contribution in [0.4, 0.5) is 13.2 Å². The third-order valence-corrected chi connectivity index (χ3v) is 14.7. The van der Waals surface area contributed by atoms with Gasteiger partial charge in [-0.15, -0.1) is 11.3 Å². The minimum Gasteiger partial charge on any atom is -0.492 e. The molecule has 4 aromatic rings. The van der Waals surface area contributed by atoms with Crippen molar-refractivity contribution in [1.82, 2.24) is 30.3 Å². The first-order valence-corrected chi connectivity index (χ1v) is 25.7. The first kappa shape index (κ1) is 54.2. The van der Waals surface area contributed by atoms with Gasteiger partial charge >= 0.3 is 0 Å². The zero-order valence-corrected chi connectivity index (χ0v) is 43.5. The lowest BCUT2D eigenvalue weighted by atomic mass is 9.84. The lowest BCUT2D eigenvalue weighted by molar-refractivity contribution is -0.144. The fraction of sp³-hybridized carbons (Fsp3) is 0.509. The number of β-amino-alcohol motifs (C(OH)–C–C–N with tert-alkyl or cyclic N) is 1. The van der Waals surface area contributed by atoms with Gasteiger partial charge in [-0.05, 0) is 92.2 Å². The zero-order valence-electron chi connectivity index (χ0n) is 42.7. The van der Waals surface area contributed by atoms with Crippen molar-refractivity contribution in [3.63, 3.8) is 0 Å². The number of hydrogen-bond acceptors (Lipinski definition) is 10. The first-order valence-electron chi connectivity index (χ1n) is 24.8. The number of likely N-dealkylation sites (N-methyl/N-ethyl adjacent to an activating group) is 1. The number of nitrogens with one attached hydrogen (secondary N) is 2. The van der Waals surface area contributed by atoms with Crippen molar-refractivity contribution in [3.05, 3.63) is 111 Å². The smallest absolute Gasteiger partial charge is 0.246 e. The largest absolute Gasteiger partial charge is 0.492 e. The third kappa shape index (κ3) is 13.1. The maximum Gasteiger partial charge on any atom is 0.246 e. The number of amides is 4. The van der Waals surface area contributed by atoms with Crippen LogP contribution in [-0.2, 0) is 36.9 Å². The molecular formula is C55H69F3N6O7S. The summed E-state index contributed by atoms with van der Waals surface area (Å²) in [4.78, 5) is 63.6. The quantitative estimate of drug-likeness (QED) is 0.0746. The number of hydrogen-bond donors (Lipinski definition) is 3. The molecule has 1 saturated heterocycles. The van der Waals surface area contributed by atoms with Gasteiger partial charge in [0, 0.05) is 69.9 Å². The van der Waals surface area contributed by atoms with Crippen LogP contribution in [0.15, 0.2) is 71.7 Å². The number of halogens is 3. The molecule has 0 unspecified atom stereocenters. The molecule has 3 heterocycles. The van der Waals surface area contributed by atoms with Crippen LogP contribution < -0.4 is 15.4 Å². The fourth-order valence-electron chi connectivity index (χ4n) is 9.99. The Balaban J connectivity index is 0.833. The highest BCUT2D eigenvalue weighted by atomic mass is 32.1. The van der Waals surface area contributed by atoms with Crippen molar-refractivity contribution in [2.24, 2.45) is 5.41 Å². The second-order valence-corrected chi connectivity index (χ2v) is 22.0. The SMILES string of the molecule is Cc1ncsc1-c1ccc(CNC(=O)[C@@H]2C[C@@H](O)CN2C(=O)[C@@H](NC(=O)COCCCCC(=O)N(C)CCOc2cc(F)c([C@@H]3C4=C(C[C@@H](C)N3CC(C)(C)F)c3ccccc3C4)c(F)c2)C(C)(C)C)cc1. The summed E-state index contributed by atoms with van der Waals surface area (Å²) < 4.78 is 58.9. The molecule has 2 aliphatic heterocycles. The van der Waals surface area contributed by atoms with E-state index in [0.717, 1.165) is 56.1 Å². The van der Waals surface area contributed by atoms with E-state index in [1.54, 1.807) is 44.7 Å². The minimum absolute atomic E-state index is 0.000268. The number of ether oxygens (including phenoxy) is 2. The lowest BCUT2D eigenvalue weighted by Crippen LogP contribution is -2.58. The second-order valence-electron chi connectivity index (χ2n) is 21.1. The van der Waals surface area contributed by atoms with Crippen LogP contribution in [0.3, 0.4) is 0 Å². The summed E-state index contributed by atoms with van der Waals surface area (Å²) in [5.41, 5.74) is 6.29. The molecule has 3 N–H and O–H groups in total. The van der Waals surface area contributed by atoms with Gasteiger partial charge in [-0.25, -0.2) is 18.2 Å². The van der Waals surface area contributed by atoms with Crippen LogP contribution in [0.1, 0.15) is 108 Å². The number of fused-ring (bicyclic) bond motifs is 2. The van der Waals surface area contributed by atoms with Gasteiger partial charge in [0.15, 0.2) is 0 Å². The number of carbonyl (C=O) groups is 4. The van der Waals surface area contributed by atoms with Gasteiger partial charge in [0.1, 0.15) is 48.4 Å². The summed E-state index contributed by atoms with van der Waals surface area (Å²) in [6, 6.07) is 15.2. The van der Waals surface area contributed by atoms with Crippen molar-refractivity contribution in [1.29, 1.82) is 0 Å². The van der Waals surface area contributed by atoms with Gasteiger partial charge < -0.3 is 35.0 Å². The summed E-state index contributed by atoms with van der Waals surface area (Å²) in [6.07, 6.45) is 1.46. The van der Waals surface area contributed by atoms with Gasteiger partial charge in [0.2, 0.25) is 23.6 Å². The van der Waals surface area contributed by atoms with E-state index in [4.69, 9.17) is 9.47 Å². The molecule has 0 bridgehead atoms. The Bertz CT molecular complexity index is 2600. The topological polar surface area (TPSA) is 154 Å². The van der Waals surface area contributed by atoms with Crippen molar-refractivity contribution in [3.8, 4) is 16.2 Å². The Morgan fingerprint density at radius 1 is 1.00 bits per heavy atom. The average Bonchev–Trinajstić information content (AvgIpc) is 4.04. The molecule has 0 radical (unpaired) electrons. The Kier molecular flexibility index (Phi) is 17.4. The molecule has 3 aromatic carbocycles. The number of rotatable bonds is 20. The zero-order chi connectivity index (χ0) is 52.1. The van der Waals surface area contributed by atoms with Crippen molar-refractivity contribution in [2.75, 3.05) is 46.5 Å². The Labute approximate surface area is 425 Å². The molecule has 72 heavy (non-hydrogen) atoms. The number of carbonyl (C=O) groups excluding carboxylic acids is 4. The summed E-state index contributed by atoms with van der Waals surface area (Å²) in [7, 11) is 1.61. The number of likely N-dealkylation sites (tertiary alicyclic amines) is 1. The lowest BCUT2D eigenvalue weighted by Gasteiger charge is -2.44. The van der Waals surface area contributed by atoms with E-state index in [9.17, 15) is 24.3 Å². The molecule has 13 nitrogen and oxygen atoms in total. The molecule has 388 valence electrons. The monoisotopic (exact) mass is 1010 g/mol. The number of aliphatic hydroxyl groups excluding tert-OH is 1. The predicted molar refractivity (Wildman–Crippen MR) is 272 cm³/mol. The minimum atomic E-state index is -1.60. The molecule has 0 saturated carbocycles. The molecular weight excluding hydrogens is 946 g/mol. The van der Waals surface area contributed by atoms with E-state index in [0.29, 0.717) is 25.7 Å². The number of alkyl halides is 1. The number of unbranched alkanes of at least 4 members (excludes halogenated alkanes) is 1. The Morgan fingerprint density at radius 3 is 2.38 bits per heavy atom. The maximum absolute atomic E-state index is 16.2. The van der Waals surface area contributed by atoms with E-state index in [2.05, 4.69) is 15.6 Å². The van der Waals surface area contributed by atoms with E-state index in [-0.39, 0.29) is 82.1 Å². The number of thiazole rings is 1. The van der Waals surface area contributed by atoms with E-state index in [1.165, 1.54) is 23.6 Å². The second kappa shape index (κ2) is 23.1. The van der Waals surface area contributed by atoms with Gasteiger partial charge in [0.05, 0.1) is 34.8 Å². The number of aromatic nitrogens is 1. The molecule has 0 spiro atoms. The summed E-state index contributed by atoms with van der Waals surface area (Å²) in [6.45, 7) is 12.5. The highest BCUT2D eigenvalue weighted by Gasteiger charge is 2.45. The van der Waals surface area contributed by atoms with Crippen molar-refractivity contribution >= 4 is 40.5 Å². The highest BCUT2D eigenvalue weighted by molar-refractivity contribution is 7.13. The molecule has 17 heteroatoms. The summed E-state index contributed by atoms with van der Waals surface area (Å²) in [5.74, 6) is -3.16. The van der Waals surface area contributed by atoms with Crippen LogP contribution in [0.2, 0.25) is 0 Å². The third-order valence-electron chi connectivity index (χ3n) is 13.7. The van der Waals surface area contributed by atoms with Gasteiger partial charge in [-0.1, -0.05) is 69.3 Å². The first-order chi connectivity index (χ1) is 34.1. The maximum atomic E-state index is 16.2. The van der Waals surface area contributed by atoms with Crippen LogP contribution in [0, 0.1) is 24.0 Å². The number of benzene rings is 3. The fourth-order valence-corrected chi connectivity index (χ4v) is 10.8. The number of nitrogens with zero attached hydrogens (tertiary/aromatic N) is 4. The number of aliphatic hydroxyl groups is 1. The van der Waals surface area contributed by atoms with Crippen molar-refractivity contribution in [2.45, 2.75) is 129 Å². The standard InChI is InChI=1S/C55H69F3N6O7S/c1-33-23-41-40-14-10-9-13-37(40)24-42(41)49(64(33)31-55(6,7)58)48-43(56)26-39(27-44(48)57)71-22-20-62(8)47(67)15-11-12-21-70-30-46(66)61-51(54(3,4)5)53(69)63-29-38(65)25-45(63)52(68)59-28-35-16-18-36(19-17-35)50-34(2)60-32-72-50/h9-10,13-14,16-19,26-27,32-33,38,45,49,51,65H,11-12,15,20-25,28-31H2,1-8H3,(H,59,68)(H,61,66)/t33-,38-,45+,49+,51-/m1/s1. The van der Waals surface area contributed by atoms with Crippen LogP contribution in [-0.4, -0.2) is 125 Å². The normalized spacial score (nSPS) is 19.5. The van der Waals surface area contributed by atoms with Crippen LogP contribution >= 0.6 is 11.3 Å². The summed E-state index contributed by atoms with van der Waals surface area (Å²) >= 11 is 1.56. The Hall–Kier alpha value is -5.62. The van der Waals surface area contributed by atoms with E-state index >= 15 is 13.2 Å². The summed E-state index contributed by atoms with van der Waals surface area (Å²) in [5, 5.41) is 16.3. The highest BCUT2D eigenvalue weighted by Crippen LogP contribution is 2.50. The molecule has 1 aliphatic carbocycles. The van der Waals surface area contributed by atoms with E-state index < -0.39 is 64.7 Å². The van der Waals surface area contributed by atoms with Crippen LogP contribution in [0.5, 0.6) is 5.75 Å². The van der Waals surface area contributed by atoms with E-state index in [1.807, 2.05) is 67.3 Å². The Morgan fingerprint density at radius 2 is 1.71 bits per heavy atom. The number of aryl methyl sites for hydroxylation is 1. The molecule has 1 fully saturated rings. The molecule has 1 aromatic heterocycles. The van der Waals surface area contributed by atoms with Gasteiger partial charge in [-0.2, -0.15) is 0 Å². The molecule has 7 rings (SSSR count).